The van der Waals surface area contributed by atoms with Crippen LogP contribution in [0.15, 0.2) is 12.3 Å². The molecule has 0 aliphatic rings. The second kappa shape index (κ2) is 4.45. The molecule has 0 aromatic carbocycles. The van der Waals surface area contributed by atoms with Crippen LogP contribution in [-0.2, 0) is 9.53 Å². The van der Waals surface area contributed by atoms with Crippen molar-refractivity contribution in [2.75, 3.05) is 7.11 Å². The molecule has 0 aliphatic heterocycles. The average molecular weight is 186 g/mol. The Balaban J connectivity index is 3.80. The molecule has 0 aromatic rings. The van der Waals surface area contributed by atoms with E-state index in [0.29, 0.717) is 6.42 Å². The van der Waals surface area contributed by atoms with E-state index < -0.39 is 8.07 Å². The fourth-order valence-corrected chi connectivity index (χ4v) is 1.72. The van der Waals surface area contributed by atoms with Gasteiger partial charge in [0.2, 0.25) is 0 Å². The molecule has 2 nitrogen and oxygen atoms in total. The van der Waals surface area contributed by atoms with Gasteiger partial charge in [0, 0.05) is 14.5 Å². The number of ether oxygens (including phenoxy) is 1. The summed E-state index contributed by atoms with van der Waals surface area (Å²) in [6.07, 6.45) is 0.586. The quantitative estimate of drug-likeness (QED) is 0.374. The summed E-state index contributed by atoms with van der Waals surface area (Å²) >= 11 is 0. The van der Waals surface area contributed by atoms with Crippen LogP contribution in [0.2, 0.25) is 25.7 Å². The van der Waals surface area contributed by atoms with E-state index in [9.17, 15) is 4.79 Å². The largest absolute Gasteiger partial charge is 0.494 e. The minimum absolute atomic E-state index is 0.0416. The van der Waals surface area contributed by atoms with Crippen molar-refractivity contribution in [3.05, 3.63) is 12.3 Å². The molecule has 0 bridgehead atoms. The van der Waals surface area contributed by atoms with Gasteiger partial charge in [-0.05, 0) is 0 Å². The first kappa shape index (κ1) is 11.4. The molecule has 0 aromatic heterocycles. The average Bonchev–Trinajstić information content (AvgIpc) is 1.97. The van der Waals surface area contributed by atoms with E-state index in [1.54, 1.807) is 0 Å². The summed E-state index contributed by atoms with van der Waals surface area (Å²) in [5.74, 6) is 0.327. The van der Waals surface area contributed by atoms with Crippen LogP contribution in [0.5, 0.6) is 0 Å². The number of hydrogen-bond acceptors (Lipinski definition) is 2. The van der Waals surface area contributed by atoms with E-state index >= 15 is 0 Å². The highest BCUT2D eigenvalue weighted by molar-refractivity contribution is 6.76. The van der Waals surface area contributed by atoms with Gasteiger partial charge in [0.05, 0.1) is 7.11 Å². The van der Waals surface area contributed by atoms with Crippen molar-refractivity contribution in [3.8, 4) is 0 Å². The number of carbonyl (C=O) groups excluding carboxylic acids is 1. The Hall–Kier alpha value is -0.573. The second-order valence-corrected chi connectivity index (χ2v) is 9.73. The smallest absolute Gasteiger partial charge is 0.196 e. The third-order valence-corrected chi connectivity index (χ3v) is 3.41. The van der Waals surface area contributed by atoms with Crippen molar-refractivity contribution < 1.29 is 9.53 Å². The number of hydrogen-bond donors (Lipinski definition) is 0. The molecular weight excluding hydrogens is 168 g/mol. The predicted molar refractivity (Wildman–Crippen MR) is 53.9 cm³/mol. The summed E-state index contributed by atoms with van der Waals surface area (Å²) in [5, 5.41) is 0. The molecule has 3 heteroatoms. The highest BCUT2D eigenvalue weighted by Crippen LogP contribution is 2.13. The van der Waals surface area contributed by atoms with Crippen LogP contribution in [0.3, 0.4) is 0 Å². The zero-order chi connectivity index (χ0) is 9.78. The van der Waals surface area contributed by atoms with E-state index in [2.05, 4.69) is 26.2 Å². The summed E-state index contributed by atoms with van der Waals surface area (Å²) < 4.78 is 4.75. The topological polar surface area (TPSA) is 26.3 Å². The maximum atomic E-state index is 11.2. The first-order valence-electron chi connectivity index (χ1n) is 4.13. The van der Waals surface area contributed by atoms with Crippen LogP contribution in [0, 0.1) is 0 Å². The van der Waals surface area contributed by atoms with Gasteiger partial charge in [0.15, 0.2) is 11.5 Å². The van der Waals surface area contributed by atoms with Crippen molar-refractivity contribution in [1.82, 2.24) is 0 Å². The van der Waals surface area contributed by atoms with E-state index in [4.69, 9.17) is 4.74 Å². The fraction of sp³-hybridized carbons (Fsp3) is 0.667. The van der Waals surface area contributed by atoms with Gasteiger partial charge in [-0.2, -0.15) is 0 Å². The lowest BCUT2D eigenvalue weighted by Crippen LogP contribution is -2.21. The van der Waals surface area contributed by atoms with Crippen LogP contribution in [0.1, 0.15) is 6.42 Å². The van der Waals surface area contributed by atoms with Crippen LogP contribution in [-0.4, -0.2) is 21.0 Å². The Morgan fingerprint density at radius 3 is 2.25 bits per heavy atom. The van der Waals surface area contributed by atoms with E-state index in [1.165, 1.54) is 7.11 Å². The van der Waals surface area contributed by atoms with Crippen LogP contribution in [0.25, 0.3) is 0 Å². The number of carbonyl (C=O) groups is 1. The Bertz CT molecular complexity index is 179. The maximum absolute atomic E-state index is 11.2. The maximum Gasteiger partial charge on any atom is 0.196 e. The number of ketones is 1. The lowest BCUT2D eigenvalue weighted by atomic mass is 10.3. The highest BCUT2D eigenvalue weighted by atomic mass is 28.3. The first-order valence-corrected chi connectivity index (χ1v) is 7.83. The minimum atomic E-state index is -1.10. The van der Waals surface area contributed by atoms with Gasteiger partial charge in [-0.25, -0.2) is 0 Å². The molecule has 0 spiro atoms. The third-order valence-electron chi connectivity index (χ3n) is 1.66. The van der Waals surface area contributed by atoms with Crippen molar-refractivity contribution in [1.29, 1.82) is 0 Å². The lowest BCUT2D eigenvalue weighted by molar-refractivity contribution is -0.118. The first-order chi connectivity index (χ1) is 5.37. The molecule has 0 aliphatic carbocycles. The SMILES string of the molecule is C=C(OC)C(=O)CC[Si](C)(C)C. The normalized spacial score (nSPS) is 11.0. The number of rotatable bonds is 5. The van der Waals surface area contributed by atoms with Crippen LogP contribution < -0.4 is 0 Å². The van der Waals surface area contributed by atoms with Gasteiger partial charge in [0.25, 0.3) is 0 Å². The highest BCUT2D eigenvalue weighted by Gasteiger charge is 2.16. The standard InChI is InChI=1S/C9H18O2Si/c1-8(11-2)9(10)6-7-12(3,4)5/h1,6-7H2,2-5H3. The van der Waals surface area contributed by atoms with E-state index in [0.717, 1.165) is 6.04 Å². The molecule has 0 rings (SSSR count). The Labute approximate surface area is 75.6 Å². The van der Waals surface area contributed by atoms with E-state index in [1.807, 2.05) is 0 Å². The molecule has 70 valence electrons. The Kier molecular flexibility index (Phi) is 4.24. The number of allylic oxidation sites excluding steroid dienone is 1. The summed E-state index contributed by atoms with van der Waals surface area (Å²) in [5.41, 5.74) is 0. The lowest BCUT2D eigenvalue weighted by Gasteiger charge is -2.14. The molecule has 0 unspecified atom stereocenters. The van der Waals surface area contributed by atoms with Crippen molar-refractivity contribution >= 4 is 13.9 Å². The molecule has 0 radical (unpaired) electrons. The van der Waals surface area contributed by atoms with Gasteiger partial charge < -0.3 is 4.74 Å². The molecule has 0 saturated carbocycles. The molecular formula is C9H18O2Si. The summed E-state index contributed by atoms with van der Waals surface area (Å²) in [6, 6.07) is 1.01. The summed E-state index contributed by atoms with van der Waals surface area (Å²) in [7, 11) is 0.385. The van der Waals surface area contributed by atoms with E-state index in [-0.39, 0.29) is 11.5 Å². The third kappa shape index (κ3) is 5.13. The molecule has 0 atom stereocenters. The molecule has 0 saturated heterocycles. The van der Waals surface area contributed by atoms with Crippen LogP contribution >= 0.6 is 0 Å². The van der Waals surface area contributed by atoms with Crippen molar-refractivity contribution in [2.24, 2.45) is 0 Å². The van der Waals surface area contributed by atoms with Gasteiger partial charge in [-0.15, -0.1) is 0 Å². The number of Topliss-reactive ketones (excluding diaryl/α,β-unsaturated/α-hetero) is 1. The monoisotopic (exact) mass is 186 g/mol. The second-order valence-electron chi connectivity index (χ2n) is 4.11. The summed E-state index contributed by atoms with van der Waals surface area (Å²) in [4.78, 5) is 11.2. The molecule has 12 heavy (non-hydrogen) atoms. The summed E-state index contributed by atoms with van der Waals surface area (Å²) in [6.45, 7) is 10.3. The predicted octanol–water partition coefficient (Wildman–Crippen LogP) is 2.44. The minimum Gasteiger partial charge on any atom is -0.494 e. The Morgan fingerprint density at radius 1 is 1.42 bits per heavy atom. The van der Waals surface area contributed by atoms with Crippen molar-refractivity contribution in [2.45, 2.75) is 32.1 Å². The molecule has 0 N–H and O–H groups in total. The fourth-order valence-electron chi connectivity index (χ4n) is 0.742. The van der Waals surface area contributed by atoms with Gasteiger partial charge >= 0.3 is 0 Å². The van der Waals surface area contributed by atoms with Gasteiger partial charge in [-0.3, -0.25) is 4.79 Å². The number of methoxy groups -OCH3 is 1. The Morgan fingerprint density at radius 2 is 1.92 bits per heavy atom. The molecule has 0 heterocycles. The zero-order valence-corrected chi connectivity index (χ0v) is 9.44. The molecule has 0 fully saturated rings. The van der Waals surface area contributed by atoms with Gasteiger partial charge in [-0.1, -0.05) is 32.3 Å². The zero-order valence-electron chi connectivity index (χ0n) is 8.44. The van der Waals surface area contributed by atoms with Gasteiger partial charge in [0.1, 0.15) is 0 Å². The van der Waals surface area contributed by atoms with Crippen LogP contribution in [0.4, 0.5) is 0 Å². The molecule has 0 amide bonds. The van der Waals surface area contributed by atoms with Crippen molar-refractivity contribution in [3.63, 3.8) is 0 Å².